The third-order valence-electron chi connectivity index (χ3n) is 0.492. The molecule has 0 aromatic carbocycles. The Kier molecular flexibility index (Phi) is 2.79. The van der Waals surface area contributed by atoms with Gasteiger partial charge < -0.3 is 15.6 Å². The van der Waals surface area contributed by atoms with Crippen LogP contribution < -0.4 is 5.73 Å². The smallest absolute Gasteiger partial charge is 0.309 e. The summed E-state index contributed by atoms with van der Waals surface area (Å²) in [6.45, 7) is 0. The topological polar surface area (TPSA) is 80.4 Å². The summed E-state index contributed by atoms with van der Waals surface area (Å²) in [4.78, 5) is 19.3. The number of carbonyl (C=O) groups excluding carboxylic acids is 1. The highest BCUT2D eigenvalue weighted by molar-refractivity contribution is 5.83. The predicted molar refractivity (Wildman–Crippen MR) is 26.0 cm³/mol. The lowest BCUT2D eigenvalue weighted by Crippen LogP contribution is -2.25. The zero-order valence-corrected chi connectivity index (χ0v) is 4.07. The van der Waals surface area contributed by atoms with E-state index in [0.29, 0.717) is 12.7 Å². The molecule has 1 atom stereocenters. The lowest BCUT2D eigenvalue weighted by Gasteiger charge is -1.93. The van der Waals surface area contributed by atoms with Gasteiger partial charge in [-0.25, -0.2) is 0 Å². The van der Waals surface area contributed by atoms with Crippen LogP contribution >= 0.6 is 0 Å². The summed E-state index contributed by atoms with van der Waals surface area (Å²) in [6.07, 6.45) is 1.07. The molecule has 0 saturated carbocycles. The Morgan fingerprint density at radius 2 is 2.25 bits per heavy atom. The average Bonchev–Trinajstić information content (AvgIpc) is 1.65. The standard InChI is InChI=1S/C4H6NO3/c5-3(2-6)1-4(7)8/h1-3H,5H2,(H,7,8)/t3-/m0/s1. The number of rotatable bonds is 3. The van der Waals surface area contributed by atoms with E-state index in [1.807, 2.05) is 0 Å². The normalized spacial score (nSPS) is 12.6. The van der Waals surface area contributed by atoms with Gasteiger partial charge in [0.25, 0.3) is 0 Å². The molecule has 0 amide bonds. The summed E-state index contributed by atoms with van der Waals surface area (Å²) in [5.41, 5.74) is 4.87. The van der Waals surface area contributed by atoms with Crippen molar-refractivity contribution in [2.45, 2.75) is 6.04 Å². The van der Waals surface area contributed by atoms with Crippen molar-refractivity contribution in [3.8, 4) is 0 Å². The average molecular weight is 116 g/mol. The molecule has 0 fully saturated rings. The van der Waals surface area contributed by atoms with Gasteiger partial charge in [-0.15, -0.1) is 0 Å². The van der Waals surface area contributed by atoms with Gasteiger partial charge in [0.05, 0.1) is 12.5 Å². The van der Waals surface area contributed by atoms with Gasteiger partial charge in [0.2, 0.25) is 0 Å². The van der Waals surface area contributed by atoms with Crippen molar-refractivity contribution in [3.63, 3.8) is 0 Å². The second-order valence-corrected chi connectivity index (χ2v) is 1.22. The van der Waals surface area contributed by atoms with Gasteiger partial charge in [0.15, 0.2) is 0 Å². The number of carboxylic acids is 1. The Hall–Kier alpha value is -0.900. The minimum atomic E-state index is -1.18. The summed E-state index contributed by atoms with van der Waals surface area (Å²) < 4.78 is 0. The number of aldehydes is 1. The monoisotopic (exact) mass is 116 g/mol. The third-order valence-corrected chi connectivity index (χ3v) is 0.492. The van der Waals surface area contributed by atoms with Crippen molar-refractivity contribution in [1.82, 2.24) is 0 Å². The molecule has 0 unspecified atom stereocenters. The van der Waals surface area contributed by atoms with Gasteiger partial charge in [-0.1, -0.05) is 0 Å². The Morgan fingerprint density at radius 1 is 1.75 bits per heavy atom. The molecular weight excluding hydrogens is 110 g/mol. The maximum atomic E-state index is 9.67. The minimum Gasteiger partial charge on any atom is -0.481 e. The highest BCUT2D eigenvalue weighted by Crippen LogP contribution is 1.78. The van der Waals surface area contributed by atoms with Crippen LogP contribution in [0.1, 0.15) is 0 Å². The third kappa shape index (κ3) is 3.30. The highest BCUT2D eigenvalue weighted by Gasteiger charge is 2.04. The lowest BCUT2D eigenvalue weighted by molar-refractivity contribution is -0.134. The van der Waals surface area contributed by atoms with Gasteiger partial charge in [0, 0.05) is 0 Å². The molecule has 0 saturated heterocycles. The van der Waals surface area contributed by atoms with E-state index in [1.54, 1.807) is 0 Å². The van der Waals surface area contributed by atoms with Crippen molar-refractivity contribution in [1.29, 1.82) is 0 Å². The number of carboxylic acid groups (broad SMARTS) is 1. The molecule has 0 rings (SSSR count). The highest BCUT2D eigenvalue weighted by atomic mass is 16.4. The van der Waals surface area contributed by atoms with Crippen LogP contribution in [-0.4, -0.2) is 23.4 Å². The van der Waals surface area contributed by atoms with E-state index in [9.17, 15) is 9.59 Å². The quantitative estimate of drug-likeness (QED) is 0.454. The SMILES string of the molecule is N[C@@H]([CH]C(=O)O)C=O. The molecule has 0 aliphatic carbocycles. The Morgan fingerprint density at radius 3 is 2.38 bits per heavy atom. The van der Waals surface area contributed by atoms with Crippen LogP contribution in [0.4, 0.5) is 0 Å². The number of hydrogen-bond acceptors (Lipinski definition) is 3. The second kappa shape index (κ2) is 3.15. The van der Waals surface area contributed by atoms with Gasteiger partial charge in [-0.05, 0) is 0 Å². The number of carbonyl (C=O) groups is 2. The fraction of sp³-hybridized carbons (Fsp3) is 0.250. The molecule has 0 aliphatic rings. The maximum Gasteiger partial charge on any atom is 0.309 e. The molecule has 0 aromatic rings. The van der Waals surface area contributed by atoms with Crippen molar-refractivity contribution in [2.24, 2.45) is 5.73 Å². The molecule has 4 heteroatoms. The van der Waals surface area contributed by atoms with E-state index < -0.39 is 12.0 Å². The lowest BCUT2D eigenvalue weighted by atomic mass is 10.2. The zero-order chi connectivity index (χ0) is 6.57. The zero-order valence-electron chi connectivity index (χ0n) is 4.07. The van der Waals surface area contributed by atoms with Crippen molar-refractivity contribution in [3.05, 3.63) is 6.42 Å². The van der Waals surface area contributed by atoms with E-state index >= 15 is 0 Å². The van der Waals surface area contributed by atoms with E-state index in [2.05, 4.69) is 0 Å². The summed E-state index contributed by atoms with van der Waals surface area (Å²) in [5, 5.41) is 7.92. The second-order valence-electron chi connectivity index (χ2n) is 1.22. The Labute approximate surface area is 46.3 Å². The molecular formula is C4H6NO3. The van der Waals surface area contributed by atoms with Crippen LogP contribution in [-0.2, 0) is 9.59 Å². The number of aliphatic carboxylic acids is 1. The van der Waals surface area contributed by atoms with E-state index in [-0.39, 0.29) is 0 Å². The first-order valence-corrected chi connectivity index (χ1v) is 1.95. The number of hydrogen-bond donors (Lipinski definition) is 2. The van der Waals surface area contributed by atoms with E-state index in [4.69, 9.17) is 10.8 Å². The Bertz CT molecular complexity index is 101. The number of nitrogens with two attached hydrogens (primary N) is 1. The van der Waals surface area contributed by atoms with Gasteiger partial charge >= 0.3 is 5.97 Å². The minimum absolute atomic E-state index is 0.355. The molecule has 8 heavy (non-hydrogen) atoms. The van der Waals surface area contributed by atoms with Gasteiger partial charge in [-0.3, -0.25) is 4.79 Å². The Balaban J connectivity index is 3.38. The summed E-state index contributed by atoms with van der Waals surface area (Å²) >= 11 is 0. The van der Waals surface area contributed by atoms with Crippen molar-refractivity contribution in [2.75, 3.05) is 0 Å². The maximum absolute atomic E-state index is 9.67. The van der Waals surface area contributed by atoms with Gasteiger partial charge in [0.1, 0.15) is 6.29 Å². The van der Waals surface area contributed by atoms with Crippen LogP contribution in [0.2, 0.25) is 0 Å². The first kappa shape index (κ1) is 7.10. The van der Waals surface area contributed by atoms with Gasteiger partial charge in [-0.2, -0.15) is 0 Å². The van der Waals surface area contributed by atoms with Crippen LogP contribution in [0, 0.1) is 6.42 Å². The van der Waals surface area contributed by atoms with Crippen molar-refractivity contribution >= 4 is 12.3 Å². The van der Waals surface area contributed by atoms with Crippen LogP contribution in [0.25, 0.3) is 0 Å². The van der Waals surface area contributed by atoms with Crippen LogP contribution in [0.15, 0.2) is 0 Å². The summed E-state index contributed by atoms with van der Waals surface area (Å²) in [7, 11) is 0. The molecule has 4 nitrogen and oxygen atoms in total. The molecule has 0 heterocycles. The van der Waals surface area contributed by atoms with E-state index in [1.165, 1.54) is 0 Å². The molecule has 45 valence electrons. The summed E-state index contributed by atoms with van der Waals surface area (Å²) in [5.74, 6) is -1.18. The first-order valence-electron chi connectivity index (χ1n) is 1.95. The molecule has 0 bridgehead atoms. The molecule has 0 spiro atoms. The van der Waals surface area contributed by atoms with Crippen LogP contribution in [0.3, 0.4) is 0 Å². The van der Waals surface area contributed by atoms with Crippen molar-refractivity contribution < 1.29 is 14.7 Å². The molecule has 0 aromatic heterocycles. The molecule has 3 N–H and O–H groups in total. The van der Waals surface area contributed by atoms with Crippen LogP contribution in [0.5, 0.6) is 0 Å². The largest absolute Gasteiger partial charge is 0.481 e. The fourth-order valence-corrected chi connectivity index (χ4v) is 0.204. The fourth-order valence-electron chi connectivity index (χ4n) is 0.204. The summed E-state index contributed by atoms with van der Waals surface area (Å²) in [6, 6.07) is -0.979. The first-order chi connectivity index (χ1) is 3.66. The predicted octanol–water partition coefficient (Wildman–Crippen LogP) is -1.20. The molecule has 1 radical (unpaired) electrons. The van der Waals surface area contributed by atoms with E-state index in [0.717, 1.165) is 0 Å². The molecule has 0 aliphatic heterocycles.